The predicted octanol–water partition coefficient (Wildman–Crippen LogP) is 1.26. The highest BCUT2D eigenvalue weighted by molar-refractivity contribution is 5.79. The fraction of sp³-hybridized carbons (Fsp3) is 0.500. The van der Waals surface area contributed by atoms with E-state index in [1.807, 2.05) is 6.07 Å². The van der Waals surface area contributed by atoms with Crippen LogP contribution in [0, 0.1) is 17.2 Å². The standard InChI is InChI=1S/C14H18N4O/c1-17(2)14(19)12-4-3-7-18(10-12)13-6-5-11(8-15)9-16-13/h5-6,9,12H,3-4,7,10H2,1-2H3/t12-/m1/s1. The summed E-state index contributed by atoms with van der Waals surface area (Å²) < 4.78 is 0. The molecule has 1 aromatic heterocycles. The van der Waals surface area contributed by atoms with Gasteiger partial charge in [-0.15, -0.1) is 0 Å². The number of anilines is 1. The van der Waals surface area contributed by atoms with Crippen molar-refractivity contribution >= 4 is 11.7 Å². The van der Waals surface area contributed by atoms with Gasteiger partial charge in [0, 0.05) is 33.4 Å². The third-order valence-corrected chi connectivity index (χ3v) is 3.41. The normalized spacial score (nSPS) is 18.8. The summed E-state index contributed by atoms with van der Waals surface area (Å²) in [6.07, 6.45) is 3.50. The second-order valence-corrected chi connectivity index (χ2v) is 5.03. The smallest absolute Gasteiger partial charge is 0.226 e. The van der Waals surface area contributed by atoms with Gasteiger partial charge in [0.25, 0.3) is 0 Å². The number of piperidine rings is 1. The molecule has 0 unspecified atom stereocenters. The molecule has 100 valence electrons. The summed E-state index contributed by atoms with van der Waals surface area (Å²) in [5, 5.41) is 8.76. The molecule has 1 aromatic rings. The number of carbonyl (C=O) groups excluding carboxylic acids is 1. The van der Waals surface area contributed by atoms with Gasteiger partial charge in [0.1, 0.15) is 11.9 Å². The summed E-state index contributed by atoms with van der Waals surface area (Å²) in [5.41, 5.74) is 0.557. The summed E-state index contributed by atoms with van der Waals surface area (Å²) in [6, 6.07) is 5.67. The van der Waals surface area contributed by atoms with Gasteiger partial charge in [0.15, 0.2) is 0 Å². The van der Waals surface area contributed by atoms with E-state index in [9.17, 15) is 4.79 Å². The zero-order valence-electron chi connectivity index (χ0n) is 11.3. The summed E-state index contributed by atoms with van der Waals surface area (Å²) in [6.45, 7) is 1.62. The molecule has 0 radical (unpaired) electrons. The lowest BCUT2D eigenvalue weighted by atomic mass is 9.97. The van der Waals surface area contributed by atoms with Crippen molar-refractivity contribution in [2.45, 2.75) is 12.8 Å². The Kier molecular flexibility index (Phi) is 4.00. The zero-order valence-corrected chi connectivity index (χ0v) is 11.3. The molecule has 1 saturated heterocycles. The van der Waals surface area contributed by atoms with Crippen LogP contribution in [0.4, 0.5) is 5.82 Å². The molecule has 5 nitrogen and oxygen atoms in total. The van der Waals surface area contributed by atoms with Crippen molar-refractivity contribution in [1.82, 2.24) is 9.88 Å². The van der Waals surface area contributed by atoms with Crippen LogP contribution in [0.3, 0.4) is 0 Å². The van der Waals surface area contributed by atoms with Gasteiger partial charge in [-0.25, -0.2) is 4.98 Å². The summed E-state index contributed by atoms with van der Waals surface area (Å²) in [5.74, 6) is 1.06. The van der Waals surface area contributed by atoms with Crippen LogP contribution in [-0.2, 0) is 4.79 Å². The lowest BCUT2D eigenvalue weighted by molar-refractivity contribution is -0.133. The highest BCUT2D eigenvalue weighted by Crippen LogP contribution is 2.22. The first-order valence-electron chi connectivity index (χ1n) is 6.44. The van der Waals surface area contributed by atoms with Crippen molar-refractivity contribution in [2.24, 2.45) is 5.92 Å². The third-order valence-electron chi connectivity index (χ3n) is 3.41. The second kappa shape index (κ2) is 5.70. The molecule has 1 aliphatic rings. The second-order valence-electron chi connectivity index (χ2n) is 5.03. The topological polar surface area (TPSA) is 60.2 Å². The summed E-state index contributed by atoms with van der Waals surface area (Å²) in [7, 11) is 3.59. The molecule has 0 aromatic carbocycles. The Morgan fingerprint density at radius 2 is 2.32 bits per heavy atom. The van der Waals surface area contributed by atoms with E-state index in [1.165, 1.54) is 0 Å². The van der Waals surface area contributed by atoms with Crippen LogP contribution >= 0.6 is 0 Å². The maximum Gasteiger partial charge on any atom is 0.226 e. The highest BCUT2D eigenvalue weighted by Gasteiger charge is 2.27. The van der Waals surface area contributed by atoms with Gasteiger partial charge in [-0.05, 0) is 25.0 Å². The quantitative estimate of drug-likeness (QED) is 0.801. The molecule has 1 fully saturated rings. The van der Waals surface area contributed by atoms with E-state index in [-0.39, 0.29) is 11.8 Å². The van der Waals surface area contributed by atoms with Crippen molar-refractivity contribution in [3.8, 4) is 6.07 Å². The van der Waals surface area contributed by atoms with E-state index in [0.29, 0.717) is 12.1 Å². The van der Waals surface area contributed by atoms with Crippen molar-refractivity contribution in [2.75, 3.05) is 32.1 Å². The molecule has 0 saturated carbocycles. The summed E-state index contributed by atoms with van der Waals surface area (Å²) >= 11 is 0. The number of amides is 1. The lowest BCUT2D eigenvalue weighted by Crippen LogP contribution is -2.43. The minimum Gasteiger partial charge on any atom is -0.356 e. The lowest BCUT2D eigenvalue weighted by Gasteiger charge is -2.33. The Morgan fingerprint density at radius 3 is 2.89 bits per heavy atom. The minimum atomic E-state index is 0.0428. The van der Waals surface area contributed by atoms with E-state index in [1.54, 1.807) is 31.3 Å². The van der Waals surface area contributed by atoms with E-state index in [2.05, 4.69) is 16.0 Å². The van der Waals surface area contributed by atoms with E-state index in [4.69, 9.17) is 5.26 Å². The van der Waals surface area contributed by atoms with Crippen molar-refractivity contribution in [3.63, 3.8) is 0 Å². The van der Waals surface area contributed by atoms with Gasteiger partial charge in [-0.2, -0.15) is 5.26 Å². The van der Waals surface area contributed by atoms with Crippen LogP contribution in [0.15, 0.2) is 18.3 Å². The molecular formula is C14H18N4O. The minimum absolute atomic E-state index is 0.0428. The van der Waals surface area contributed by atoms with E-state index in [0.717, 1.165) is 25.2 Å². The van der Waals surface area contributed by atoms with Gasteiger partial charge >= 0.3 is 0 Å². The SMILES string of the molecule is CN(C)C(=O)[C@@H]1CCCN(c2ccc(C#N)cn2)C1. The van der Waals surface area contributed by atoms with Crippen LogP contribution in [0.25, 0.3) is 0 Å². The number of hydrogen-bond acceptors (Lipinski definition) is 4. The van der Waals surface area contributed by atoms with Gasteiger partial charge < -0.3 is 9.80 Å². The number of nitriles is 1. The first-order valence-corrected chi connectivity index (χ1v) is 6.44. The fourth-order valence-corrected chi connectivity index (χ4v) is 2.39. The maximum atomic E-state index is 12.0. The average Bonchev–Trinajstić information content (AvgIpc) is 2.46. The molecule has 2 rings (SSSR count). The molecule has 1 amide bonds. The number of rotatable bonds is 2. The molecule has 0 bridgehead atoms. The Hall–Kier alpha value is -2.09. The monoisotopic (exact) mass is 258 g/mol. The predicted molar refractivity (Wildman–Crippen MR) is 72.6 cm³/mol. The molecule has 2 heterocycles. The first-order chi connectivity index (χ1) is 9.11. The molecule has 0 aliphatic carbocycles. The average molecular weight is 258 g/mol. The molecule has 0 N–H and O–H groups in total. The molecule has 5 heteroatoms. The van der Waals surface area contributed by atoms with E-state index < -0.39 is 0 Å². The van der Waals surface area contributed by atoms with Crippen LogP contribution in [-0.4, -0.2) is 43.0 Å². The van der Waals surface area contributed by atoms with Crippen LogP contribution in [0.2, 0.25) is 0 Å². The zero-order chi connectivity index (χ0) is 13.8. The Bertz CT molecular complexity index is 489. The number of aromatic nitrogens is 1. The molecule has 1 aliphatic heterocycles. The fourth-order valence-electron chi connectivity index (χ4n) is 2.39. The van der Waals surface area contributed by atoms with Crippen LogP contribution in [0.1, 0.15) is 18.4 Å². The number of pyridine rings is 1. The molecule has 0 spiro atoms. The van der Waals surface area contributed by atoms with Crippen LogP contribution in [0.5, 0.6) is 0 Å². The third kappa shape index (κ3) is 3.02. The van der Waals surface area contributed by atoms with Gasteiger partial charge in [-0.3, -0.25) is 4.79 Å². The van der Waals surface area contributed by atoms with Crippen molar-refractivity contribution < 1.29 is 4.79 Å². The van der Waals surface area contributed by atoms with Gasteiger partial charge in [0.05, 0.1) is 11.5 Å². The highest BCUT2D eigenvalue weighted by atomic mass is 16.2. The first kappa shape index (κ1) is 13.3. The molecular weight excluding hydrogens is 240 g/mol. The Balaban J connectivity index is 2.08. The van der Waals surface area contributed by atoms with E-state index >= 15 is 0 Å². The Morgan fingerprint density at radius 1 is 1.53 bits per heavy atom. The number of carbonyl (C=O) groups is 1. The van der Waals surface area contributed by atoms with Crippen LogP contribution < -0.4 is 4.90 Å². The Labute approximate surface area is 113 Å². The molecule has 1 atom stereocenters. The van der Waals surface area contributed by atoms with Crippen molar-refractivity contribution in [1.29, 1.82) is 5.26 Å². The van der Waals surface area contributed by atoms with Gasteiger partial charge in [-0.1, -0.05) is 0 Å². The summed E-state index contributed by atoms with van der Waals surface area (Å²) in [4.78, 5) is 20.1. The maximum absolute atomic E-state index is 12.0. The number of nitrogens with zero attached hydrogens (tertiary/aromatic N) is 4. The largest absolute Gasteiger partial charge is 0.356 e. The van der Waals surface area contributed by atoms with Crippen molar-refractivity contribution in [3.05, 3.63) is 23.9 Å². The van der Waals surface area contributed by atoms with Gasteiger partial charge in [0.2, 0.25) is 5.91 Å². The number of hydrogen-bond donors (Lipinski definition) is 0. The molecule has 19 heavy (non-hydrogen) atoms.